The van der Waals surface area contributed by atoms with Crippen LogP contribution in [0.1, 0.15) is 375 Å². The van der Waals surface area contributed by atoms with Crippen LogP contribution in [0.25, 0.3) is 0 Å². The predicted octanol–water partition coefficient (Wildman–Crippen LogP) is 21.2. The first-order valence-electron chi connectivity index (χ1n) is 38.0. The fourth-order valence-electron chi connectivity index (χ4n) is 11.1. The van der Waals surface area contributed by atoms with Gasteiger partial charge in [0.2, 0.25) is 0 Å². The van der Waals surface area contributed by atoms with Gasteiger partial charge in [0.15, 0.2) is 12.2 Å². The second-order valence-corrected chi connectivity index (χ2v) is 30.2. The van der Waals surface area contributed by atoms with Crippen LogP contribution in [0, 0.1) is 11.8 Å². The summed E-state index contributed by atoms with van der Waals surface area (Å²) in [4.78, 5) is 72.7. The number of aliphatic hydroxyl groups is 1. The number of carbonyl (C=O) groups excluding carboxylic acids is 4. The highest BCUT2D eigenvalue weighted by Gasteiger charge is 2.30. The average molecular weight is 1350 g/mol. The molecule has 0 aliphatic carbocycles. The van der Waals surface area contributed by atoms with Gasteiger partial charge >= 0.3 is 39.5 Å². The van der Waals surface area contributed by atoms with Crippen molar-refractivity contribution in [2.45, 2.75) is 394 Å². The number of unbranched alkanes of at least 4 members (excludes halogenated alkanes) is 42. The quantitative estimate of drug-likeness (QED) is 0.0222. The molecule has 0 saturated heterocycles. The molecular weight excluding hydrogens is 1210 g/mol. The Morgan fingerprint density at radius 1 is 0.293 bits per heavy atom. The number of esters is 4. The third-order valence-corrected chi connectivity index (χ3v) is 18.9. The van der Waals surface area contributed by atoms with Crippen molar-refractivity contribution in [2.75, 3.05) is 39.6 Å². The molecule has 0 aromatic carbocycles. The minimum atomic E-state index is -4.95. The van der Waals surface area contributed by atoms with Gasteiger partial charge in [-0.25, -0.2) is 9.13 Å². The summed E-state index contributed by atoms with van der Waals surface area (Å²) in [6.07, 6.45) is 51.3. The molecule has 0 spiro atoms. The lowest BCUT2D eigenvalue weighted by molar-refractivity contribution is -0.161. The van der Waals surface area contributed by atoms with E-state index in [1.165, 1.54) is 193 Å². The van der Waals surface area contributed by atoms with Gasteiger partial charge in [0.05, 0.1) is 26.4 Å². The van der Waals surface area contributed by atoms with Crippen LogP contribution in [-0.2, 0) is 65.4 Å². The van der Waals surface area contributed by atoms with Gasteiger partial charge in [-0.15, -0.1) is 0 Å². The Morgan fingerprint density at radius 2 is 0.500 bits per heavy atom. The third-order valence-electron chi connectivity index (χ3n) is 17.0. The number of rotatable bonds is 72. The van der Waals surface area contributed by atoms with Crippen LogP contribution in [0.4, 0.5) is 0 Å². The summed E-state index contributed by atoms with van der Waals surface area (Å²) in [5, 5.41) is 10.6. The molecule has 19 heteroatoms. The maximum Gasteiger partial charge on any atom is 0.472 e. The lowest BCUT2D eigenvalue weighted by Gasteiger charge is -2.21. The molecule has 3 N–H and O–H groups in total. The number of hydrogen-bond acceptors (Lipinski definition) is 15. The highest BCUT2D eigenvalue weighted by molar-refractivity contribution is 7.47. The molecule has 0 aromatic rings. The summed E-state index contributed by atoms with van der Waals surface area (Å²) in [6.45, 7) is 9.53. The molecule has 5 atom stereocenters. The maximum atomic E-state index is 13.1. The molecule has 2 unspecified atom stereocenters. The molecule has 0 bridgehead atoms. The smallest absolute Gasteiger partial charge is 0.462 e. The van der Waals surface area contributed by atoms with Gasteiger partial charge in [0, 0.05) is 25.7 Å². The van der Waals surface area contributed by atoms with E-state index in [1.807, 2.05) is 0 Å². The monoisotopic (exact) mass is 1350 g/mol. The first-order valence-corrected chi connectivity index (χ1v) is 41.0. The van der Waals surface area contributed by atoms with Crippen LogP contribution in [0.3, 0.4) is 0 Å². The highest BCUT2D eigenvalue weighted by atomic mass is 31.2. The van der Waals surface area contributed by atoms with Crippen LogP contribution in [0.5, 0.6) is 0 Å². The second-order valence-electron chi connectivity index (χ2n) is 27.3. The van der Waals surface area contributed by atoms with Crippen molar-refractivity contribution in [3.05, 3.63) is 0 Å². The SMILES string of the molecule is CCCCCCCCCCCCCCCCCCCC(=O)O[C@H](COC(=O)CCCCCCCCCCCCC(C)C)COP(=O)(O)OC[C@@H](O)COP(=O)(O)OC[C@@H](COC(=O)CCCCCCCCCCCCC)OC(=O)CCCCCCCCCCC(C)C. The maximum absolute atomic E-state index is 13.1. The number of aliphatic hydroxyl groups excluding tert-OH is 1. The summed E-state index contributed by atoms with van der Waals surface area (Å²) in [7, 11) is -9.90. The number of phosphoric acid groups is 2. The van der Waals surface area contributed by atoms with Gasteiger partial charge in [-0.2, -0.15) is 0 Å². The largest absolute Gasteiger partial charge is 0.472 e. The molecule has 0 radical (unpaired) electrons. The molecule has 0 amide bonds. The van der Waals surface area contributed by atoms with Crippen LogP contribution >= 0.6 is 15.6 Å². The number of carbonyl (C=O) groups is 4. The summed E-state index contributed by atoms with van der Waals surface area (Å²) in [6, 6.07) is 0. The summed E-state index contributed by atoms with van der Waals surface area (Å²) >= 11 is 0. The standard InChI is InChI=1S/C73H142O17P2/c1-7-9-11-13-15-17-19-20-21-22-23-24-26-32-39-45-51-57-72(77)89-68(61-84-71(76)56-50-44-38-31-28-27-29-35-41-47-53-65(3)4)63-87-91(79,80)85-59-67(74)60-86-92(81,82)88-64-69(90-73(78)58-52-46-40-34-33-36-42-48-54-66(5)6)62-83-70(75)55-49-43-37-30-25-18-16-14-12-10-8-2/h65-69,74H,7-64H2,1-6H3,(H,79,80)(H,81,82)/t67-,68-,69-/m1/s1. The van der Waals surface area contributed by atoms with Crippen molar-refractivity contribution in [3.8, 4) is 0 Å². The third kappa shape index (κ3) is 66.7. The average Bonchev–Trinajstić information content (AvgIpc) is 1.48. The summed E-state index contributed by atoms with van der Waals surface area (Å²) < 4.78 is 68.4. The molecule has 546 valence electrons. The van der Waals surface area contributed by atoms with E-state index in [1.54, 1.807) is 0 Å². The molecule has 0 heterocycles. The Hall–Kier alpha value is -1.94. The Morgan fingerprint density at radius 3 is 0.739 bits per heavy atom. The van der Waals surface area contributed by atoms with Crippen LogP contribution in [0.15, 0.2) is 0 Å². The fraction of sp³-hybridized carbons (Fsp3) is 0.945. The van der Waals surface area contributed by atoms with Crippen molar-refractivity contribution in [3.63, 3.8) is 0 Å². The normalized spacial score (nSPS) is 14.1. The van der Waals surface area contributed by atoms with Gasteiger partial charge in [-0.1, -0.05) is 324 Å². The van der Waals surface area contributed by atoms with E-state index in [0.717, 1.165) is 102 Å². The topological polar surface area (TPSA) is 237 Å². The van der Waals surface area contributed by atoms with E-state index in [-0.39, 0.29) is 25.7 Å². The lowest BCUT2D eigenvalue weighted by Crippen LogP contribution is -2.30. The molecule has 0 aliphatic heterocycles. The molecule has 92 heavy (non-hydrogen) atoms. The molecule has 0 fully saturated rings. The van der Waals surface area contributed by atoms with E-state index in [0.29, 0.717) is 25.7 Å². The van der Waals surface area contributed by atoms with Crippen molar-refractivity contribution in [1.29, 1.82) is 0 Å². The molecule has 0 aromatic heterocycles. The molecule has 17 nitrogen and oxygen atoms in total. The van der Waals surface area contributed by atoms with Crippen LogP contribution in [0.2, 0.25) is 0 Å². The molecule has 0 rings (SSSR count). The Labute approximate surface area is 562 Å². The van der Waals surface area contributed by atoms with Gasteiger partial charge in [-0.3, -0.25) is 37.3 Å². The Bertz CT molecular complexity index is 1790. The zero-order valence-electron chi connectivity index (χ0n) is 59.9. The summed E-state index contributed by atoms with van der Waals surface area (Å²) in [5.74, 6) is -0.643. The van der Waals surface area contributed by atoms with Crippen molar-refractivity contribution in [2.24, 2.45) is 11.8 Å². The summed E-state index contributed by atoms with van der Waals surface area (Å²) in [5.41, 5.74) is 0. The van der Waals surface area contributed by atoms with Gasteiger partial charge in [0.25, 0.3) is 0 Å². The van der Waals surface area contributed by atoms with E-state index >= 15 is 0 Å². The van der Waals surface area contributed by atoms with Gasteiger partial charge in [0.1, 0.15) is 19.3 Å². The van der Waals surface area contributed by atoms with Gasteiger partial charge in [-0.05, 0) is 37.5 Å². The molecule has 0 aliphatic rings. The molecule has 0 saturated carbocycles. The minimum absolute atomic E-state index is 0.105. The van der Waals surface area contributed by atoms with Crippen molar-refractivity contribution < 1.29 is 80.2 Å². The zero-order chi connectivity index (χ0) is 67.9. The number of hydrogen-bond donors (Lipinski definition) is 3. The zero-order valence-corrected chi connectivity index (χ0v) is 61.6. The Balaban J connectivity index is 5.24. The predicted molar refractivity (Wildman–Crippen MR) is 372 cm³/mol. The first kappa shape index (κ1) is 90.1. The van der Waals surface area contributed by atoms with Gasteiger partial charge < -0.3 is 33.8 Å². The van der Waals surface area contributed by atoms with Crippen LogP contribution < -0.4 is 0 Å². The highest BCUT2D eigenvalue weighted by Crippen LogP contribution is 2.45. The minimum Gasteiger partial charge on any atom is -0.462 e. The van der Waals surface area contributed by atoms with E-state index in [9.17, 15) is 43.2 Å². The van der Waals surface area contributed by atoms with E-state index < -0.39 is 97.5 Å². The van der Waals surface area contributed by atoms with E-state index in [2.05, 4.69) is 41.5 Å². The Kier molecular flexibility index (Phi) is 63.7. The number of ether oxygens (including phenoxy) is 4. The van der Waals surface area contributed by atoms with E-state index in [4.69, 9.17) is 37.0 Å². The fourth-order valence-corrected chi connectivity index (χ4v) is 12.7. The molecular formula is C73H142O17P2. The second kappa shape index (κ2) is 65.0. The first-order chi connectivity index (χ1) is 44.4. The number of phosphoric ester groups is 2. The lowest BCUT2D eigenvalue weighted by atomic mass is 10.0. The van der Waals surface area contributed by atoms with Crippen LogP contribution in [-0.4, -0.2) is 96.7 Å². The van der Waals surface area contributed by atoms with Crippen molar-refractivity contribution in [1.82, 2.24) is 0 Å². The van der Waals surface area contributed by atoms with Crippen molar-refractivity contribution >= 4 is 39.5 Å².